The van der Waals surface area contributed by atoms with E-state index in [9.17, 15) is 4.79 Å². The molecule has 0 saturated carbocycles. The van der Waals surface area contributed by atoms with Crippen molar-refractivity contribution < 1.29 is 4.79 Å². The molecule has 3 rings (SSSR count). The Labute approximate surface area is 133 Å². The van der Waals surface area contributed by atoms with Gasteiger partial charge in [0.25, 0.3) is 0 Å². The number of hydrogen-bond acceptors (Lipinski definition) is 6. The molecule has 3 heterocycles. The van der Waals surface area contributed by atoms with E-state index >= 15 is 0 Å². The van der Waals surface area contributed by atoms with Gasteiger partial charge in [-0.3, -0.25) is 9.69 Å². The Morgan fingerprint density at radius 1 is 1.36 bits per heavy atom. The van der Waals surface area contributed by atoms with Gasteiger partial charge in [-0.05, 0) is 13.3 Å². The molecule has 0 N–H and O–H groups in total. The molecule has 0 radical (unpaired) electrons. The lowest BCUT2D eigenvalue weighted by Gasteiger charge is -2.24. The van der Waals surface area contributed by atoms with Gasteiger partial charge < -0.3 is 4.90 Å². The molecule has 1 aliphatic heterocycles. The van der Waals surface area contributed by atoms with Gasteiger partial charge in [0.2, 0.25) is 5.91 Å². The van der Waals surface area contributed by atoms with Crippen molar-refractivity contribution in [3.8, 4) is 0 Å². The summed E-state index contributed by atoms with van der Waals surface area (Å²) in [5.74, 6) is 0.112. The van der Waals surface area contributed by atoms with Gasteiger partial charge in [-0.1, -0.05) is 0 Å². The largest absolute Gasteiger partial charge is 0.340 e. The second kappa shape index (κ2) is 6.97. The van der Waals surface area contributed by atoms with Crippen LogP contribution in [-0.4, -0.2) is 61.6 Å². The Balaban J connectivity index is 1.56. The van der Waals surface area contributed by atoms with Crippen LogP contribution >= 0.6 is 11.3 Å². The number of aromatic nitrogens is 4. The van der Waals surface area contributed by atoms with E-state index in [1.807, 2.05) is 17.3 Å². The highest BCUT2D eigenvalue weighted by molar-refractivity contribution is 7.07. The highest BCUT2D eigenvalue weighted by Gasteiger charge is 2.24. The van der Waals surface area contributed by atoms with Gasteiger partial charge in [0.05, 0.1) is 11.2 Å². The maximum atomic E-state index is 12.6. The number of carbonyl (C=O) groups is 1. The van der Waals surface area contributed by atoms with Crippen LogP contribution in [0.15, 0.2) is 23.5 Å². The fraction of sp³-hybridized carbons (Fsp3) is 0.571. The van der Waals surface area contributed by atoms with E-state index in [0.717, 1.165) is 44.8 Å². The Hall–Kier alpha value is -1.80. The third-order valence-electron chi connectivity index (χ3n) is 3.96. The Morgan fingerprint density at radius 2 is 2.27 bits per heavy atom. The van der Waals surface area contributed by atoms with Crippen molar-refractivity contribution in [1.82, 2.24) is 29.5 Å². The van der Waals surface area contributed by atoms with E-state index in [1.165, 1.54) is 6.33 Å². The average Bonchev–Trinajstić information content (AvgIpc) is 3.18. The van der Waals surface area contributed by atoms with Gasteiger partial charge in [0.15, 0.2) is 0 Å². The number of thiazole rings is 1. The van der Waals surface area contributed by atoms with E-state index in [4.69, 9.17) is 0 Å². The molecule has 0 aliphatic carbocycles. The van der Waals surface area contributed by atoms with Crippen molar-refractivity contribution in [1.29, 1.82) is 0 Å². The number of nitrogens with zero attached hydrogens (tertiary/aromatic N) is 6. The summed E-state index contributed by atoms with van der Waals surface area (Å²) in [5.41, 5.74) is 2.98. The zero-order valence-corrected chi connectivity index (χ0v) is 13.4. The van der Waals surface area contributed by atoms with E-state index in [2.05, 4.69) is 25.3 Å². The second-order valence-corrected chi connectivity index (χ2v) is 6.20. The van der Waals surface area contributed by atoms with Crippen LogP contribution in [0.3, 0.4) is 0 Å². The Kier molecular flexibility index (Phi) is 4.79. The van der Waals surface area contributed by atoms with E-state index < -0.39 is 0 Å². The van der Waals surface area contributed by atoms with Crippen molar-refractivity contribution in [3.05, 3.63) is 29.2 Å². The molecular formula is C14H20N6OS. The highest BCUT2D eigenvalue weighted by Crippen LogP contribution is 2.13. The molecule has 0 bridgehead atoms. The van der Waals surface area contributed by atoms with Gasteiger partial charge in [-0.15, -0.1) is 11.3 Å². The third kappa shape index (κ3) is 3.50. The van der Waals surface area contributed by atoms with E-state index in [-0.39, 0.29) is 11.9 Å². The zero-order valence-electron chi connectivity index (χ0n) is 12.6. The number of rotatable bonds is 4. The van der Waals surface area contributed by atoms with Crippen LogP contribution in [0.1, 0.15) is 25.1 Å². The molecule has 22 heavy (non-hydrogen) atoms. The summed E-state index contributed by atoms with van der Waals surface area (Å²) in [7, 11) is 0. The molecule has 1 amide bonds. The summed E-state index contributed by atoms with van der Waals surface area (Å²) in [4.78, 5) is 25.1. The topological polar surface area (TPSA) is 67.2 Å². The molecule has 8 heteroatoms. The van der Waals surface area contributed by atoms with Crippen molar-refractivity contribution >= 4 is 17.2 Å². The third-order valence-corrected chi connectivity index (χ3v) is 4.60. The minimum atomic E-state index is -0.299. The van der Waals surface area contributed by atoms with E-state index in [0.29, 0.717) is 0 Å². The normalized spacial score (nSPS) is 18.1. The molecule has 2 aromatic heterocycles. The lowest BCUT2D eigenvalue weighted by Crippen LogP contribution is -2.39. The van der Waals surface area contributed by atoms with Gasteiger partial charge in [0, 0.05) is 38.1 Å². The fourth-order valence-corrected chi connectivity index (χ4v) is 3.24. The van der Waals surface area contributed by atoms with Crippen LogP contribution < -0.4 is 0 Å². The summed E-state index contributed by atoms with van der Waals surface area (Å²) in [6, 6.07) is -0.299. The smallest absolute Gasteiger partial charge is 0.247 e. The molecule has 1 aliphatic rings. The van der Waals surface area contributed by atoms with Crippen molar-refractivity contribution in [2.75, 3.05) is 26.2 Å². The summed E-state index contributed by atoms with van der Waals surface area (Å²) < 4.78 is 1.61. The molecule has 0 unspecified atom stereocenters. The molecule has 7 nitrogen and oxygen atoms in total. The first-order valence-electron chi connectivity index (χ1n) is 7.46. The minimum Gasteiger partial charge on any atom is -0.340 e. The predicted molar refractivity (Wildman–Crippen MR) is 83.3 cm³/mol. The fourth-order valence-electron chi connectivity index (χ4n) is 2.69. The van der Waals surface area contributed by atoms with Crippen LogP contribution in [0.2, 0.25) is 0 Å². The lowest BCUT2D eigenvalue weighted by atomic mass is 10.2. The van der Waals surface area contributed by atoms with Gasteiger partial charge in [-0.25, -0.2) is 14.6 Å². The van der Waals surface area contributed by atoms with Crippen LogP contribution in [0.25, 0.3) is 0 Å². The molecule has 0 spiro atoms. The Morgan fingerprint density at radius 3 is 3.00 bits per heavy atom. The standard InChI is InChI=1S/C14H20N6OS/c1-12(20-10-15-9-17-20)14(21)19-4-2-3-18(5-6-19)7-13-8-22-11-16-13/h8-12H,2-7H2,1H3/t12-/m0/s1. The van der Waals surface area contributed by atoms with Crippen molar-refractivity contribution in [2.45, 2.75) is 25.9 Å². The van der Waals surface area contributed by atoms with Crippen molar-refractivity contribution in [3.63, 3.8) is 0 Å². The first-order valence-corrected chi connectivity index (χ1v) is 8.40. The van der Waals surface area contributed by atoms with Crippen LogP contribution in [0, 0.1) is 0 Å². The van der Waals surface area contributed by atoms with E-state index in [1.54, 1.807) is 22.3 Å². The van der Waals surface area contributed by atoms with Crippen LogP contribution in [0.4, 0.5) is 0 Å². The van der Waals surface area contributed by atoms with Gasteiger partial charge in [-0.2, -0.15) is 5.10 Å². The lowest BCUT2D eigenvalue weighted by molar-refractivity contribution is -0.134. The molecule has 1 saturated heterocycles. The monoisotopic (exact) mass is 320 g/mol. The summed E-state index contributed by atoms with van der Waals surface area (Å²) in [6.45, 7) is 6.17. The average molecular weight is 320 g/mol. The number of hydrogen-bond donors (Lipinski definition) is 0. The number of amides is 1. The molecule has 1 atom stereocenters. The summed E-state index contributed by atoms with van der Waals surface area (Å²) in [5, 5.41) is 6.14. The molecule has 2 aromatic rings. The van der Waals surface area contributed by atoms with Crippen LogP contribution in [0.5, 0.6) is 0 Å². The van der Waals surface area contributed by atoms with Crippen LogP contribution in [-0.2, 0) is 11.3 Å². The van der Waals surface area contributed by atoms with Gasteiger partial charge in [0.1, 0.15) is 18.7 Å². The summed E-state index contributed by atoms with van der Waals surface area (Å²) in [6.07, 6.45) is 4.04. The SMILES string of the molecule is C[C@@H](C(=O)N1CCCN(Cc2cscn2)CC1)n1cncn1. The second-order valence-electron chi connectivity index (χ2n) is 5.49. The Bertz CT molecular complexity index is 585. The van der Waals surface area contributed by atoms with Crippen molar-refractivity contribution in [2.24, 2.45) is 0 Å². The number of carbonyl (C=O) groups excluding carboxylic acids is 1. The highest BCUT2D eigenvalue weighted by atomic mass is 32.1. The maximum Gasteiger partial charge on any atom is 0.247 e. The summed E-state index contributed by atoms with van der Waals surface area (Å²) >= 11 is 1.62. The van der Waals surface area contributed by atoms with Gasteiger partial charge >= 0.3 is 0 Å². The molecule has 118 valence electrons. The zero-order chi connectivity index (χ0) is 15.4. The quantitative estimate of drug-likeness (QED) is 0.842. The molecule has 0 aromatic carbocycles. The minimum absolute atomic E-state index is 0.112. The molecular weight excluding hydrogens is 300 g/mol. The molecule has 1 fully saturated rings. The first kappa shape index (κ1) is 15.1. The maximum absolute atomic E-state index is 12.6. The first-order chi connectivity index (χ1) is 10.7. The predicted octanol–water partition coefficient (Wildman–Crippen LogP) is 1.03.